The van der Waals surface area contributed by atoms with Crippen LogP contribution in [0.25, 0.3) is 11.3 Å². The molecule has 0 saturated carbocycles. The van der Waals surface area contributed by atoms with Gasteiger partial charge in [0.05, 0.1) is 53.7 Å². The van der Waals surface area contributed by atoms with E-state index in [0.29, 0.717) is 61.1 Å². The van der Waals surface area contributed by atoms with Crippen LogP contribution in [0.1, 0.15) is 27.2 Å². The van der Waals surface area contributed by atoms with Gasteiger partial charge in [-0.3, -0.25) is 14.5 Å². The van der Waals surface area contributed by atoms with Gasteiger partial charge in [-0.15, -0.1) is 0 Å². The molecule has 6 rings (SSSR count). The van der Waals surface area contributed by atoms with Crippen LogP contribution in [0.3, 0.4) is 0 Å². The first-order valence-electron chi connectivity index (χ1n) is 12.8. The summed E-state index contributed by atoms with van der Waals surface area (Å²) in [6.07, 6.45) is 0.637. The molecule has 1 aromatic heterocycles. The number of carboxylic acid groups (broad SMARTS) is 1. The lowest BCUT2D eigenvalue weighted by atomic mass is 9.99. The molecule has 3 N–H and O–H groups in total. The molecule has 10 nitrogen and oxygen atoms in total. The van der Waals surface area contributed by atoms with E-state index in [1.54, 1.807) is 11.0 Å². The standard InChI is InChI=1S/C29H27N5O5/c35-25(17-33-12-14-39-15-13-33)34-11-10-21-23(34)8-9-24(30-21)32-27(18-4-2-1-3-5-18)26-20-7-6-19(29(37)38)16-22(20)31-28(26)36/h1-9,16H,10-15,17H2,(H,30,32)(H,31,36)(H,37,38)/b27-26-. The van der Waals surface area contributed by atoms with E-state index in [-0.39, 0.29) is 17.4 Å². The van der Waals surface area contributed by atoms with Crippen molar-refractivity contribution in [2.75, 3.05) is 54.9 Å². The highest BCUT2D eigenvalue weighted by molar-refractivity contribution is 6.37. The highest BCUT2D eigenvalue weighted by Gasteiger charge is 2.31. The Balaban J connectivity index is 1.31. The van der Waals surface area contributed by atoms with Gasteiger partial charge in [-0.2, -0.15) is 0 Å². The maximum absolute atomic E-state index is 13.2. The van der Waals surface area contributed by atoms with E-state index in [1.807, 2.05) is 42.5 Å². The highest BCUT2D eigenvalue weighted by atomic mass is 16.5. The van der Waals surface area contributed by atoms with Crippen LogP contribution in [0.4, 0.5) is 17.2 Å². The lowest BCUT2D eigenvalue weighted by Gasteiger charge is -2.28. The molecule has 3 aliphatic rings. The lowest BCUT2D eigenvalue weighted by molar-refractivity contribution is -0.120. The summed E-state index contributed by atoms with van der Waals surface area (Å²) in [6.45, 7) is 3.71. The largest absolute Gasteiger partial charge is 0.478 e. The summed E-state index contributed by atoms with van der Waals surface area (Å²) >= 11 is 0. The monoisotopic (exact) mass is 525 g/mol. The van der Waals surface area contributed by atoms with Crippen LogP contribution < -0.4 is 15.5 Å². The van der Waals surface area contributed by atoms with Crippen molar-refractivity contribution in [2.45, 2.75) is 6.42 Å². The first-order valence-corrected chi connectivity index (χ1v) is 12.8. The number of nitrogens with zero attached hydrogens (tertiary/aromatic N) is 3. The van der Waals surface area contributed by atoms with E-state index in [9.17, 15) is 19.5 Å². The molecule has 198 valence electrons. The zero-order chi connectivity index (χ0) is 26.9. The summed E-state index contributed by atoms with van der Waals surface area (Å²) in [6, 6.07) is 17.7. The lowest BCUT2D eigenvalue weighted by Crippen LogP contribution is -2.44. The maximum Gasteiger partial charge on any atom is 0.335 e. The van der Waals surface area contributed by atoms with Crippen molar-refractivity contribution >= 4 is 46.2 Å². The Bertz CT molecular complexity index is 1500. The number of hydrogen-bond donors (Lipinski definition) is 3. The van der Waals surface area contributed by atoms with E-state index in [4.69, 9.17) is 9.72 Å². The third-order valence-corrected chi connectivity index (χ3v) is 7.15. The Morgan fingerprint density at radius 1 is 1.00 bits per heavy atom. The summed E-state index contributed by atoms with van der Waals surface area (Å²) < 4.78 is 5.38. The second kappa shape index (κ2) is 10.3. The minimum atomic E-state index is -1.06. The van der Waals surface area contributed by atoms with Gasteiger partial charge in [0.25, 0.3) is 5.91 Å². The van der Waals surface area contributed by atoms with Gasteiger partial charge in [0.1, 0.15) is 5.82 Å². The smallest absolute Gasteiger partial charge is 0.335 e. The Hall–Kier alpha value is -4.54. The van der Waals surface area contributed by atoms with Gasteiger partial charge >= 0.3 is 5.97 Å². The average molecular weight is 526 g/mol. The van der Waals surface area contributed by atoms with Gasteiger partial charge in [0.15, 0.2) is 0 Å². The fourth-order valence-electron chi connectivity index (χ4n) is 5.19. The second-order valence-electron chi connectivity index (χ2n) is 9.61. The van der Waals surface area contributed by atoms with Gasteiger partial charge in [0, 0.05) is 31.6 Å². The van der Waals surface area contributed by atoms with Gasteiger partial charge in [-0.05, 0) is 29.8 Å². The van der Waals surface area contributed by atoms with Crippen LogP contribution >= 0.6 is 0 Å². The van der Waals surface area contributed by atoms with Crippen molar-refractivity contribution in [2.24, 2.45) is 0 Å². The van der Waals surface area contributed by atoms with Crippen LogP contribution in [-0.4, -0.2) is 72.2 Å². The van der Waals surface area contributed by atoms with Crippen molar-refractivity contribution < 1.29 is 24.2 Å². The van der Waals surface area contributed by atoms with Gasteiger partial charge in [0.2, 0.25) is 5.91 Å². The van der Waals surface area contributed by atoms with Crippen LogP contribution in [-0.2, 0) is 20.7 Å². The molecule has 0 spiro atoms. The summed E-state index contributed by atoms with van der Waals surface area (Å²) in [4.78, 5) is 46.3. The fraction of sp³-hybridized carbons (Fsp3) is 0.241. The Kier molecular flexibility index (Phi) is 6.55. The fourth-order valence-corrected chi connectivity index (χ4v) is 5.19. The van der Waals surface area contributed by atoms with Crippen molar-refractivity contribution in [3.05, 3.63) is 83.0 Å². The van der Waals surface area contributed by atoms with Crippen LogP contribution in [0.15, 0.2) is 60.7 Å². The number of pyridine rings is 1. The molecule has 1 fully saturated rings. The minimum absolute atomic E-state index is 0.0465. The van der Waals surface area contributed by atoms with Crippen LogP contribution in [0.5, 0.6) is 0 Å². The molecule has 0 aliphatic carbocycles. The molecule has 1 saturated heterocycles. The van der Waals surface area contributed by atoms with Crippen molar-refractivity contribution in [1.82, 2.24) is 9.88 Å². The maximum atomic E-state index is 13.2. The number of fused-ring (bicyclic) bond motifs is 2. The highest BCUT2D eigenvalue weighted by Crippen LogP contribution is 2.38. The zero-order valence-electron chi connectivity index (χ0n) is 21.1. The number of carbonyl (C=O) groups excluding carboxylic acids is 2. The van der Waals surface area contributed by atoms with E-state index in [1.165, 1.54) is 12.1 Å². The number of carbonyl (C=O) groups is 3. The Morgan fingerprint density at radius 3 is 2.56 bits per heavy atom. The third-order valence-electron chi connectivity index (χ3n) is 7.15. The predicted molar refractivity (Wildman–Crippen MR) is 146 cm³/mol. The topological polar surface area (TPSA) is 124 Å². The summed E-state index contributed by atoms with van der Waals surface area (Å²) in [5.74, 6) is -0.804. The molecule has 3 aliphatic heterocycles. The number of hydrogen-bond acceptors (Lipinski definition) is 7. The van der Waals surface area contributed by atoms with E-state index in [0.717, 1.165) is 30.0 Å². The number of amides is 2. The first kappa shape index (κ1) is 24.8. The second-order valence-corrected chi connectivity index (χ2v) is 9.61. The zero-order valence-corrected chi connectivity index (χ0v) is 21.1. The average Bonchev–Trinajstić information content (AvgIpc) is 3.52. The van der Waals surface area contributed by atoms with Crippen LogP contribution in [0.2, 0.25) is 0 Å². The number of rotatable bonds is 6. The summed E-state index contributed by atoms with van der Waals surface area (Å²) in [7, 11) is 0. The van der Waals surface area contributed by atoms with Gasteiger partial charge in [-0.1, -0.05) is 36.4 Å². The number of nitrogens with one attached hydrogen (secondary N) is 2. The molecular weight excluding hydrogens is 498 g/mol. The predicted octanol–water partition coefficient (Wildman–Crippen LogP) is 2.93. The SMILES string of the molecule is O=C1Nc2cc(C(=O)O)ccc2/C1=C(/Nc1ccc2c(n1)CCN2C(=O)CN1CCOCC1)c1ccccc1. The number of carboxylic acids is 1. The quantitative estimate of drug-likeness (QED) is 0.420. The molecule has 4 heterocycles. The molecule has 2 amide bonds. The summed E-state index contributed by atoms with van der Waals surface area (Å²) in [5.41, 5.74) is 4.50. The molecule has 2 aromatic carbocycles. The van der Waals surface area contributed by atoms with Crippen molar-refractivity contribution in [3.8, 4) is 0 Å². The van der Waals surface area contributed by atoms with E-state index < -0.39 is 5.97 Å². The number of benzene rings is 2. The molecule has 10 heteroatoms. The van der Waals surface area contributed by atoms with E-state index in [2.05, 4.69) is 15.5 Å². The van der Waals surface area contributed by atoms with Crippen LogP contribution in [0, 0.1) is 0 Å². The molecular formula is C29H27N5O5. The molecule has 39 heavy (non-hydrogen) atoms. The number of aromatic carboxylic acids is 1. The number of anilines is 3. The minimum Gasteiger partial charge on any atom is -0.478 e. The number of ether oxygens (including phenoxy) is 1. The summed E-state index contributed by atoms with van der Waals surface area (Å²) in [5, 5.41) is 15.5. The third kappa shape index (κ3) is 4.87. The Labute approximate surface area is 224 Å². The molecule has 0 bridgehead atoms. The van der Waals surface area contributed by atoms with Gasteiger partial charge < -0.3 is 25.4 Å². The molecule has 0 radical (unpaired) electrons. The van der Waals surface area contributed by atoms with E-state index >= 15 is 0 Å². The van der Waals surface area contributed by atoms with Gasteiger partial charge in [-0.25, -0.2) is 9.78 Å². The number of aromatic nitrogens is 1. The Morgan fingerprint density at radius 2 is 1.79 bits per heavy atom. The molecule has 0 atom stereocenters. The molecule has 3 aromatic rings. The first-order chi connectivity index (χ1) is 19.0. The number of morpholine rings is 1. The van der Waals surface area contributed by atoms with Crippen molar-refractivity contribution in [1.29, 1.82) is 0 Å². The normalized spacial score (nSPS) is 17.8. The van der Waals surface area contributed by atoms with Crippen molar-refractivity contribution in [3.63, 3.8) is 0 Å². The molecule has 0 unspecified atom stereocenters.